The van der Waals surface area contributed by atoms with Gasteiger partial charge in [-0.2, -0.15) is 0 Å². The highest BCUT2D eigenvalue weighted by atomic mass is 16.2. The third-order valence-electron chi connectivity index (χ3n) is 3.57. The highest BCUT2D eigenvalue weighted by Gasteiger charge is 2.42. The summed E-state index contributed by atoms with van der Waals surface area (Å²) < 4.78 is 0. The highest BCUT2D eigenvalue weighted by molar-refractivity contribution is 6.15. The summed E-state index contributed by atoms with van der Waals surface area (Å²) in [6, 6.07) is 0. The topological polar surface area (TPSA) is 23.6 Å². The first-order chi connectivity index (χ1) is 6.11. The molecule has 2 fully saturated rings. The van der Waals surface area contributed by atoms with Crippen molar-refractivity contribution in [1.29, 1.82) is 0 Å². The predicted octanol–water partition coefficient (Wildman–Crippen LogP) is -0.521. The zero-order valence-electron chi connectivity index (χ0n) is 8.55. The molecular weight excluding hydrogens is 163 g/mol. The van der Waals surface area contributed by atoms with Crippen LogP contribution in [0.4, 0.5) is 0 Å². The van der Waals surface area contributed by atoms with E-state index in [0.29, 0.717) is 11.3 Å². The van der Waals surface area contributed by atoms with E-state index in [1.165, 1.54) is 12.8 Å². The van der Waals surface area contributed by atoms with Crippen LogP contribution in [0.5, 0.6) is 0 Å². The Hall–Kier alpha value is -0.505. The Kier molecular flexibility index (Phi) is 2.10. The van der Waals surface area contributed by atoms with Crippen molar-refractivity contribution in [3.05, 3.63) is 0 Å². The van der Waals surface area contributed by atoms with Crippen LogP contribution in [0.25, 0.3) is 0 Å². The molecule has 0 atom stereocenters. The molecule has 3 nitrogen and oxygen atoms in total. The van der Waals surface area contributed by atoms with Crippen molar-refractivity contribution in [2.24, 2.45) is 5.41 Å². The monoisotopic (exact) mass is 180 g/mol. The fourth-order valence-electron chi connectivity index (χ4n) is 2.53. The average Bonchev–Trinajstić information content (AvgIpc) is 2.36. The molecule has 1 amide bonds. The molecule has 2 saturated heterocycles. The van der Waals surface area contributed by atoms with Crippen LogP contribution in [-0.4, -0.2) is 50.3 Å². The van der Waals surface area contributed by atoms with Gasteiger partial charge in [0, 0.05) is 13.0 Å². The van der Waals surface area contributed by atoms with Crippen molar-refractivity contribution in [2.45, 2.75) is 19.3 Å². The standard InChI is InChI=1S/C9H17BN2O/c1-11-4-2-9(3-5-11)6-8(13)12(10)7-9/h2-7,10H2,1H3. The zero-order chi connectivity index (χ0) is 9.47. The molecule has 2 heterocycles. The van der Waals surface area contributed by atoms with E-state index in [9.17, 15) is 4.79 Å². The van der Waals surface area contributed by atoms with Crippen molar-refractivity contribution in [1.82, 2.24) is 9.71 Å². The Bertz CT molecular complexity index is 224. The van der Waals surface area contributed by atoms with E-state index in [1.54, 1.807) is 0 Å². The Morgan fingerprint density at radius 1 is 1.38 bits per heavy atom. The predicted molar refractivity (Wildman–Crippen MR) is 54.0 cm³/mol. The maximum atomic E-state index is 11.4. The summed E-state index contributed by atoms with van der Waals surface area (Å²) in [5, 5.41) is 0. The van der Waals surface area contributed by atoms with E-state index in [4.69, 9.17) is 0 Å². The van der Waals surface area contributed by atoms with E-state index >= 15 is 0 Å². The van der Waals surface area contributed by atoms with Gasteiger partial charge in [-0.1, -0.05) is 0 Å². The third-order valence-corrected chi connectivity index (χ3v) is 3.57. The minimum Gasteiger partial charge on any atom is -0.393 e. The first-order valence-corrected chi connectivity index (χ1v) is 5.04. The molecule has 0 aromatic carbocycles. The van der Waals surface area contributed by atoms with Crippen molar-refractivity contribution in [3.8, 4) is 0 Å². The Balaban J connectivity index is 2.03. The second kappa shape index (κ2) is 3.01. The van der Waals surface area contributed by atoms with Crippen molar-refractivity contribution in [3.63, 3.8) is 0 Å². The van der Waals surface area contributed by atoms with Crippen LogP contribution in [0.3, 0.4) is 0 Å². The summed E-state index contributed by atoms with van der Waals surface area (Å²) in [5.41, 5.74) is 0.332. The number of carbonyl (C=O) groups is 1. The number of piperidine rings is 1. The molecule has 0 aromatic heterocycles. The fourth-order valence-corrected chi connectivity index (χ4v) is 2.53. The molecule has 2 aliphatic rings. The number of nitrogens with zero attached hydrogens (tertiary/aromatic N) is 2. The Morgan fingerprint density at radius 3 is 2.46 bits per heavy atom. The van der Waals surface area contributed by atoms with Gasteiger partial charge < -0.3 is 9.71 Å². The molecule has 2 rings (SSSR count). The van der Waals surface area contributed by atoms with Gasteiger partial charge in [0.15, 0.2) is 0 Å². The van der Waals surface area contributed by atoms with E-state index in [2.05, 4.69) is 11.9 Å². The van der Waals surface area contributed by atoms with Gasteiger partial charge in [-0.15, -0.1) is 0 Å². The first-order valence-electron chi connectivity index (χ1n) is 5.04. The van der Waals surface area contributed by atoms with Gasteiger partial charge >= 0.3 is 0 Å². The molecule has 0 aliphatic carbocycles. The van der Waals surface area contributed by atoms with Crippen molar-refractivity contribution >= 4 is 13.9 Å². The summed E-state index contributed by atoms with van der Waals surface area (Å²) in [7, 11) is 4.09. The van der Waals surface area contributed by atoms with Crippen LogP contribution in [0, 0.1) is 5.41 Å². The minimum atomic E-state index is 0.332. The van der Waals surface area contributed by atoms with E-state index in [1.807, 2.05) is 12.8 Å². The molecule has 1 spiro atoms. The molecule has 0 aromatic rings. The van der Waals surface area contributed by atoms with Crippen molar-refractivity contribution < 1.29 is 4.79 Å². The summed E-state index contributed by atoms with van der Waals surface area (Å²) in [5.74, 6) is 0.338. The maximum absolute atomic E-state index is 11.4. The molecule has 13 heavy (non-hydrogen) atoms. The molecule has 2 aliphatic heterocycles. The highest BCUT2D eigenvalue weighted by Crippen LogP contribution is 2.39. The smallest absolute Gasteiger partial charge is 0.221 e. The van der Waals surface area contributed by atoms with E-state index < -0.39 is 0 Å². The number of hydrogen-bond acceptors (Lipinski definition) is 2. The molecular formula is C9H17BN2O. The lowest BCUT2D eigenvalue weighted by Gasteiger charge is -2.36. The van der Waals surface area contributed by atoms with Crippen LogP contribution < -0.4 is 0 Å². The normalized spacial score (nSPS) is 28.7. The maximum Gasteiger partial charge on any atom is 0.221 e. The summed E-state index contributed by atoms with van der Waals surface area (Å²) in [6.07, 6.45) is 3.18. The average molecular weight is 180 g/mol. The molecule has 0 radical (unpaired) electrons. The molecule has 72 valence electrons. The quantitative estimate of drug-likeness (QED) is 0.468. The van der Waals surface area contributed by atoms with Gasteiger partial charge in [-0.25, -0.2) is 0 Å². The van der Waals surface area contributed by atoms with Gasteiger partial charge in [0.1, 0.15) is 0 Å². The van der Waals surface area contributed by atoms with E-state index in [-0.39, 0.29) is 0 Å². The summed E-state index contributed by atoms with van der Waals surface area (Å²) >= 11 is 0. The SMILES string of the molecule is BN1CC2(CCN(C)CC2)CC1=O. The molecule has 0 N–H and O–H groups in total. The van der Waals surface area contributed by atoms with E-state index in [0.717, 1.165) is 26.1 Å². The van der Waals surface area contributed by atoms with Crippen molar-refractivity contribution in [2.75, 3.05) is 26.7 Å². The molecule has 0 saturated carbocycles. The lowest BCUT2D eigenvalue weighted by molar-refractivity contribution is -0.124. The molecule has 0 unspecified atom stereocenters. The summed E-state index contributed by atoms with van der Waals surface area (Å²) in [4.78, 5) is 15.7. The second-order valence-electron chi connectivity index (χ2n) is 4.73. The number of rotatable bonds is 0. The van der Waals surface area contributed by atoms with Crippen LogP contribution in [0.2, 0.25) is 0 Å². The Morgan fingerprint density at radius 2 is 2.00 bits per heavy atom. The largest absolute Gasteiger partial charge is 0.393 e. The lowest BCUT2D eigenvalue weighted by Crippen LogP contribution is -2.39. The minimum absolute atomic E-state index is 0.332. The second-order valence-corrected chi connectivity index (χ2v) is 4.73. The zero-order valence-corrected chi connectivity index (χ0v) is 8.55. The van der Waals surface area contributed by atoms with Crippen LogP contribution in [0.15, 0.2) is 0 Å². The van der Waals surface area contributed by atoms with Gasteiger partial charge in [0.05, 0.1) is 0 Å². The Labute approximate surface area is 80.5 Å². The molecule has 4 heteroatoms. The van der Waals surface area contributed by atoms with Gasteiger partial charge in [-0.3, -0.25) is 4.79 Å². The van der Waals surface area contributed by atoms with Gasteiger partial charge in [0.2, 0.25) is 13.9 Å². The van der Waals surface area contributed by atoms with Crippen LogP contribution in [0.1, 0.15) is 19.3 Å². The molecule has 0 bridgehead atoms. The number of likely N-dealkylation sites (tertiary alicyclic amines) is 1. The first kappa shape index (κ1) is 9.07. The lowest BCUT2D eigenvalue weighted by atomic mass is 9.78. The van der Waals surface area contributed by atoms with Crippen LogP contribution in [-0.2, 0) is 4.79 Å². The third kappa shape index (κ3) is 1.59. The van der Waals surface area contributed by atoms with Gasteiger partial charge in [-0.05, 0) is 38.4 Å². The number of hydrogen-bond donors (Lipinski definition) is 0. The van der Waals surface area contributed by atoms with Crippen LogP contribution >= 0.6 is 0 Å². The summed E-state index contributed by atoms with van der Waals surface area (Å²) in [6.45, 7) is 3.29. The number of carbonyl (C=O) groups excluding carboxylic acids is 1. The fraction of sp³-hybridized carbons (Fsp3) is 0.889. The number of amides is 1. The van der Waals surface area contributed by atoms with Gasteiger partial charge in [0.25, 0.3) is 0 Å².